The molecule has 0 saturated heterocycles. The molecule has 0 aliphatic rings. The van der Waals surface area contributed by atoms with Crippen molar-refractivity contribution in [3.05, 3.63) is 75.1 Å². The van der Waals surface area contributed by atoms with Crippen molar-refractivity contribution in [2.24, 2.45) is 0 Å². The Bertz CT molecular complexity index is 905. The molecule has 0 atom stereocenters. The van der Waals surface area contributed by atoms with E-state index in [2.05, 4.69) is 38.1 Å². The zero-order chi connectivity index (χ0) is 17.1. The summed E-state index contributed by atoms with van der Waals surface area (Å²) in [5.41, 5.74) is 4.58. The van der Waals surface area contributed by atoms with E-state index in [1.54, 1.807) is 6.07 Å². The van der Waals surface area contributed by atoms with Gasteiger partial charge >= 0.3 is 5.63 Å². The number of hydrogen-bond donors (Lipinski definition) is 0. The van der Waals surface area contributed by atoms with E-state index < -0.39 is 0 Å². The molecule has 24 heavy (non-hydrogen) atoms. The second-order valence-corrected chi connectivity index (χ2v) is 6.18. The SMILES string of the molecule is CCCc1cc(=O)oc2c(C)c(OCc3ccc(C)cc3)ccc12. The Hall–Kier alpha value is -2.55. The molecule has 0 amide bonds. The highest BCUT2D eigenvalue weighted by molar-refractivity contribution is 5.84. The molecule has 124 valence electrons. The van der Waals surface area contributed by atoms with Crippen LogP contribution in [0.3, 0.4) is 0 Å². The van der Waals surface area contributed by atoms with Crippen LogP contribution in [0.4, 0.5) is 0 Å². The van der Waals surface area contributed by atoms with Gasteiger partial charge in [-0.3, -0.25) is 0 Å². The average molecular weight is 322 g/mol. The highest BCUT2D eigenvalue weighted by Crippen LogP contribution is 2.29. The van der Waals surface area contributed by atoms with Gasteiger partial charge in [0.25, 0.3) is 0 Å². The predicted octanol–water partition coefficient (Wildman–Crippen LogP) is 4.94. The van der Waals surface area contributed by atoms with Crippen LogP contribution in [0.2, 0.25) is 0 Å². The molecule has 1 heterocycles. The first-order chi connectivity index (χ1) is 11.6. The molecule has 1 aromatic heterocycles. The minimum absolute atomic E-state index is 0.301. The third kappa shape index (κ3) is 3.35. The van der Waals surface area contributed by atoms with Crippen LogP contribution < -0.4 is 10.4 Å². The van der Waals surface area contributed by atoms with Gasteiger partial charge in [0, 0.05) is 17.0 Å². The Kier molecular flexibility index (Phi) is 4.70. The van der Waals surface area contributed by atoms with Crippen molar-refractivity contribution in [1.29, 1.82) is 0 Å². The summed E-state index contributed by atoms with van der Waals surface area (Å²) < 4.78 is 11.4. The first-order valence-electron chi connectivity index (χ1n) is 8.33. The number of aryl methyl sites for hydroxylation is 3. The minimum atomic E-state index is -0.301. The van der Waals surface area contributed by atoms with E-state index in [1.165, 1.54) is 5.56 Å². The van der Waals surface area contributed by atoms with Gasteiger partial charge in [-0.15, -0.1) is 0 Å². The van der Waals surface area contributed by atoms with Gasteiger partial charge in [0.1, 0.15) is 17.9 Å². The van der Waals surface area contributed by atoms with Crippen molar-refractivity contribution in [2.75, 3.05) is 0 Å². The predicted molar refractivity (Wildman–Crippen MR) is 96.7 cm³/mol. The van der Waals surface area contributed by atoms with Crippen molar-refractivity contribution >= 4 is 11.0 Å². The highest BCUT2D eigenvalue weighted by Gasteiger charge is 2.11. The third-order valence-corrected chi connectivity index (χ3v) is 4.23. The molecule has 0 saturated carbocycles. The van der Waals surface area contributed by atoms with Crippen LogP contribution >= 0.6 is 0 Å². The lowest BCUT2D eigenvalue weighted by atomic mass is 10.0. The topological polar surface area (TPSA) is 39.4 Å². The molecule has 0 aliphatic carbocycles. The van der Waals surface area contributed by atoms with Crippen LogP contribution in [0.1, 0.15) is 35.6 Å². The summed E-state index contributed by atoms with van der Waals surface area (Å²) in [5, 5.41) is 0.997. The maximum atomic E-state index is 11.8. The molecule has 0 unspecified atom stereocenters. The van der Waals surface area contributed by atoms with Crippen LogP contribution in [0.25, 0.3) is 11.0 Å². The molecule has 0 N–H and O–H groups in total. The Morgan fingerprint density at radius 2 is 1.79 bits per heavy atom. The summed E-state index contributed by atoms with van der Waals surface area (Å²) >= 11 is 0. The number of rotatable bonds is 5. The quantitative estimate of drug-likeness (QED) is 0.624. The van der Waals surface area contributed by atoms with Crippen LogP contribution in [0, 0.1) is 13.8 Å². The summed E-state index contributed by atoms with van der Waals surface area (Å²) in [4.78, 5) is 11.8. The second-order valence-electron chi connectivity index (χ2n) is 6.18. The second kappa shape index (κ2) is 6.91. The summed E-state index contributed by atoms with van der Waals surface area (Å²) in [6.07, 6.45) is 1.86. The van der Waals surface area contributed by atoms with Crippen LogP contribution in [-0.2, 0) is 13.0 Å². The highest BCUT2D eigenvalue weighted by atomic mass is 16.5. The van der Waals surface area contributed by atoms with Gasteiger partial charge in [-0.25, -0.2) is 4.79 Å². The smallest absolute Gasteiger partial charge is 0.336 e. The fraction of sp³-hybridized carbons (Fsp3) is 0.286. The summed E-state index contributed by atoms with van der Waals surface area (Å²) in [5.74, 6) is 0.750. The van der Waals surface area contributed by atoms with Crippen molar-refractivity contribution in [1.82, 2.24) is 0 Å². The normalized spacial score (nSPS) is 11.0. The summed E-state index contributed by atoms with van der Waals surface area (Å²) in [6.45, 7) is 6.59. The number of ether oxygens (including phenoxy) is 1. The first kappa shape index (κ1) is 16.3. The van der Waals surface area contributed by atoms with E-state index in [4.69, 9.17) is 9.15 Å². The molecule has 3 heteroatoms. The largest absolute Gasteiger partial charge is 0.488 e. The molecule has 0 fully saturated rings. The van der Waals surface area contributed by atoms with E-state index in [1.807, 2.05) is 19.1 Å². The lowest BCUT2D eigenvalue weighted by molar-refractivity contribution is 0.304. The Balaban J connectivity index is 1.93. The fourth-order valence-corrected chi connectivity index (χ4v) is 2.89. The molecule has 0 spiro atoms. The molecule has 0 bridgehead atoms. The lowest BCUT2D eigenvalue weighted by Crippen LogP contribution is -2.03. The van der Waals surface area contributed by atoms with Gasteiger partial charge in [0.15, 0.2) is 0 Å². The van der Waals surface area contributed by atoms with Crippen molar-refractivity contribution in [3.63, 3.8) is 0 Å². The zero-order valence-corrected chi connectivity index (χ0v) is 14.4. The van der Waals surface area contributed by atoms with Gasteiger partial charge in [-0.1, -0.05) is 43.2 Å². The lowest BCUT2D eigenvalue weighted by Gasteiger charge is -2.12. The molecule has 3 rings (SSSR count). The van der Waals surface area contributed by atoms with Crippen LogP contribution in [-0.4, -0.2) is 0 Å². The number of hydrogen-bond acceptors (Lipinski definition) is 3. The molecular weight excluding hydrogens is 300 g/mol. The van der Waals surface area contributed by atoms with Crippen molar-refractivity contribution in [3.8, 4) is 5.75 Å². The fourth-order valence-electron chi connectivity index (χ4n) is 2.89. The molecule has 3 aromatic rings. The minimum Gasteiger partial charge on any atom is -0.488 e. The molecular formula is C21H22O3. The Labute approximate surface area is 141 Å². The maximum absolute atomic E-state index is 11.8. The molecule has 0 radical (unpaired) electrons. The van der Waals surface area contributed by atoms with E-state index in [0.717, 1.165) is 40.7 Å². The van der Waals surface area contributed by atoms with E-state index in [-0.39, 0.29) is 5.63 Å². The molecule has 3 nitrogen and oxygen atoms in total. The van der Waals surface area contributed by atoms with Gasteiger partial charge in [0.05, 0.1) is 0 Å². The number of benzene rings is 2. The average Bonchev–Trinajstić information content (AvgIpc) is 2.56. The van der Waals surface area contributed by atoms with Gasteiger partial charge < -0.3 is 9.15 Å². The van der Waals surface area contributed by atoms with E-state index in [9.17, 15) is 4.79 Å². The van der Waals surface area contributed by atoms with Crippen molar-refractivity contribution < 1.29 is 9.15 Å². The summed E-state index contributed by atoms with van der Waals surface area (Å²) in [6, 6.07) is 13.8. The van der Waals surface area contributed by atoms with Gasteiger partial charge in [-0.05, 0) is 43.5 Å². The first-order valence-corrected chi connectivity index (χ1v) is 8.33. The molecule has 2 aromatic carbocycles. The van der Waals surface area contributed by atoms with Gasteiger partial charge in [0.2, 0.25) is 0 Å². The molecule has 0 aliphatic heterocycles. The third-order valence-electron chi connectivity index (χ3n) is 4.23. The van der Waals surface area contributed by atoms with E-state index >= 15 is 0 Å². The maximum Gasteiger partial charge on any atom is 0.336 e. The van der Waals surface area contributed by atoms with Gasteiger partial charge in [-0.2, -0.15) is 0 Å². The number of fused-ring (bicyclic) bond motifs is 1. The zero-order valence-electron chi connectivity index (χ0n) is 14.4. The van der Waals surface area contributed by atoms with Crippen LogP contribution in [0.5, 0.6) is 5.75 Å². The van der Waals surface area contributed by atoms with E-state index in [0.29, 0.717) is 12.2 Å². The van der Waals surface area contributed by atoms with Crippen LogP contribution in [0.15, 0.2) is 51.7 Å². The Morgan fingerprint density at radius 3 is 2.50 bits per heavy atom. The Morgan fingerprint density at radius 1 is 1.04 bits per heavy atom. The van der Waals surface area contributed by atoms with Crippen molar-refractivity contribution in [2.45, 2.75) is 40.2 Å². The summed E-state index contributed by atoms with van der Waals surface area (Å²) in [7, 11) is 0. The standard InChI is InChI=1S/C21H22O3/c1-4-5-17-12-20(22)24-21-15(3)19(11-10-18(17)21)23-13-16-8-6-14(2)7-9-16/h6-12H,4-5,13H2,1-3H3. The monoisotopic (exact) mass is 322 g/mol.